The highest BCUT2D eigenvalue weighted by molar-refractivity contribution is 7.89. The van der Waals surface area contributed by atoms with Gasteiger partial charge in [0, 0.05) is 39.3 Å². The van der Waals surface area contributed by atoms with Gasteiger partial charge < -0.3 is 4.90 Å². The molecule has 28 heavy (non-hydrogen) atoms. The maximum absolute atomic E-state index is 12.8. The van der Waals surface area contributed by atoms with Crippen LogP contribution in [0.2, 0.25) is 0 Å². The lowest BCUT2D eigenvalue weighted by Crippen LogP contribution is -2.53. The standard InChI is InChI=1S/C21H31N3O3S/c25-21(23-11-10-18-6-4-5-7-19(18)16-23)17-22-12-14-24(15-13-22)28(26,27)20-8-2-1-3-9-20/h1-3,8-9,18-19H,4-7,10-17H2/t18-,19-/m1/s1. The third-order valence-electron chi connectivity index (χ3n) is 6.72. The van der Waals surface area contributed by atoms with Crippen LogP contribution in [0.25, 0.3) is 0 Å². The molecule has 1 amide bonds. The molecular weight excluding hydrogens is 374 g/mol. The molecule has 1 aromatic carbocycles. The molecule has 2 saturated heterocycles. The summed E-state index contributed by atoms with van der Waals surface area (Å²) in [5.74, 6) is 1.73. The number of hydrogen-bond donors (Lipinski definition) is 0. The second-order valence-electron chi connectivity index (χ2n) is 8.43. The van der Waals surface area contributed by atoms with Gasteiger partial charge in [-0.05, 0) is 36.8 Å². The zero-order valence-corrected chi connectivity index (χ0v) is 17.3. The zero-order chi connectivity index (χ0) is 19.6. The van der Waals surface area contributed by atoms with Crippen LogP contribution in [-0.4, -0.2) is 74.2 Å². The van der Waals surface area contributed by atoms with Crippen molar-refractivity contribution in [3.63, 3.8) is 0 Å². The molecule has 6 nitrogen and oxygen atoms in total. The van der Waals surface area contributed by atoms with Crippen LogP contribution in [0.5, 0.6) is 0 Å². The molecule has 0 spiro atoms. The average molecular weight is 406 g/mol. The Morgan fingerprint density at radius 1 is 0.893 bits per heavy atom. The summed E-state index contributed by atoms with van der Waals surface area (Å²) in [7, 11) is -3.44. The highest BCUT2D eigenvalue weighted by Gasteiger charge is 2.34. The number of piperazine rings is 1. The molecule has 1 aromatic rings. The van der Waals surface area contributed by atoms with Crippen molar-refractivity contribution in [3.8, 4) is 0 Å². The van der Waals surface area contributed by atoms with Crippen LogP contribution in [-0.2, 0) is 14.8 Å². The lowest BCUT2D eigenvalue weighted by atomic mass is 9.75. The van der Waals surface area contributed by atoms with Crippen molar-refractivity contribution in [3.05, 3.63) is 30.3 Å². The summed E-state index contributed by atoms with van der Waals surface area (Å²) >= 11 is 0. The molecule has 0 unspecified atom stereocenters. The fourth-order valence-electron chi connectivity index (χ4n) is 4.99. The molecule has 4 rings (SSSR count). The van der Waals surface area contributed by atoms with E-state index in [2.05, 4.69) is 9.80 Å². The van der Waals surface area contributed by atoms with Crippen LogP contribution in [0.4, 0.5) is 0 Å². The first-order valence-electron chi connectivity index (χ1n) is 10.6. The van der Waals surface area contributed by atoms with Gasteiger partial charge in [0.25, 0.3) is 0 Å². The smallest absolute Gasteiger partial charge is 0.243 e. The first-order chi connectivity index (χ1) is 13.5. The summed E-state index contributed by atoms with van der Waals surface area (Å²) in [6.45, 7) is 4.32. The Morgan fingerprint density at radius 2 is 1.57 bits per heavy atom. The number of hydrogen-bond acceptors (Lipinski definition) is 4. The summed E-state index contributed by atoms with van der Waals surface area (Å²) in [4.78, 5) is 17.3. The van der Waals surface area contributed by atoms with Gasteiger partial charge in [-0.15, -0.1) is 0 Å². The Kier molecular flexibility index (Phi) is 6.04. The van der Waals surface area contributed by atoms with Crippen molar-refractivity contribution >= 4 is 15.9 Å². The Hall–Kier alpha value is -1.44. The van der Waals surface area contributed by atoms with Crippen molar-refractivity contribution in [2.24, 2.45) is 11.8 Å². The number of rotatable bonds is 4. The summed E-state index contributed by atoms with van der Waals surface area (Å²) in [5.41, 5.74) is 0. The molecule has 2 atom stereocenters. The lowest BCUT2D eigenvalue weighted by molar-refractivity contribution is -0.135. The number of nitrogens with zero attached hydrogens (tertiary/aromatic N) is 3. The van der Waals surface area contributed by atoms with Crippen LogP contribution in [0.1, 0.15) is 32.1 Å². The third kappa shape index (κ3) is 4.26. The van der Waals surface area contributed by atoms with Crippen molar-refractivity contribution in [2.75, 3.05) is 45.8 Å². The number of piperidine rings is 1. The monoisotopic (exact) mass is 405 g/mol. The second-order valence-corrected chi connectivity index (χ2v) is 10.4. The summed E-state index contributed by atoms with van der Waals surface area (Å²) in [6, 6.07) is 8.59. The van der Waals surface area contributed by atoms with Crippen molar-refractivity contribution < 1.29 is 13.2 Å². The molecule has 0 aromatic heterocycles. The van der Waals surface area contributed by atoms with E-state index in [1.54, 1.807) is 24.3 Å². The SMILES string of the molecule is O=C(CN1CCN(S(=O)(=O)c2ccccc2)CC1)N1CC[C@H]2CCCC[C@@H]2C1. The van der Waals surface area contributed by atoms with Crippen LogP contribution in [0.3, 0.4) is 0 Å². The van der Waals surface area contributed by atoms with Crippen LogP contribution in [0, 0.1) is 11.8 Å². The van der Waals surface area contributed by atoms with Gasteiger partial charge in [0.15, 0.2) is 0 Å². The van der Waals surface area contributed by atoms with Gasteiger partial charge in [-0.3, -0.25) is 9.69 Å². The number of sulfonamides is 1. The number of carbonyl (C=O) groups excluding carboxylic acids is 1. The van der Waals surface area contributed by atoms with E-state index in [1.807, 2.05) is 6.07 Å². The molecule has 7 heteroatoms. The largest absolute Gasteiger partial charge is 0.341 e. The molecule has 1 aliphatic carbocycles. The first-order valence-corrected chi connectivity index (χ1v) is 12.0. The summed E-state index contributed by atoms with van der Waals surface area (Å²) in [6.07, 6.45) is 6.42. The Balaban J connectivity index is 1.28. The van der Waals surface area contributed by atoms with E-state index in [1.165, 1.54) is 30.0 Å². The number of benzene rings is 1. The molecule has 0 radical (unpaired) electrons. The number of likely N-dealkylation sites (tertiary alicyclic amines) is 1. The molecule has 1 saturated carbocycles. The Morgan fingerprint density at radius 3 is 2.29 bits per heavy atom. The van der Waals surface area contributed by atoms with Gasteiger partial charge in [-0.25, -0.2) is 8.42 Å². The lowest BCUT2D eigenvalue weighted by Gasteiger charge is -2.42. The van der Waals surface area contributed by atoms with E-state index in [4.69, 9.17) is 0 Å². The number of carbonyl (C=O) groups is 1. The van der Waals surface area contributed by atoms with E-state index in [0.29, 0.717) is 43.5 Å². The van der Waals surface area contributed by atoms with Crippen molar-refractivity contribution in [1.82, 2.24) is 14.1 Å². The van der Waals surface area contributed by atoms with Gasteiger partial charge in [0.05, 0.1) is 11.4 Å². The van der Waals surface area contributed by atoms with Crippen LogP contribution < -0.4 is 0 Å². The maximum Gasteiger partial charge on any atom is 0.243 e. The van der Waals surface area contributed by atoms with E-state index < -0.39 is 10.0 Å². The predicted octanol–water partition coefficient (Wildman–Crippen LogP) is 2.03. The van der Waals surface area contributed by atoms with Crippen molar-refractivity contribution in [1.29, 1.82) is 0 Å². The minimum atomic E-state index is -3.44. The Bertz CT molecular complexity index is 775. The maximum atomic E-state index is 12.8. The summed E-state index contributed by atoms with van der Waals surface area (Å²) in [5, 5.41) is 0. The first kappa shape index (κ1) is 19.9. The second kappa shape index (κ2) is 8.51. The molecule has 3 fully saturated rings. The van der Waals surface area contributed by atoms with E-state index in [-0.39, 0.29) is 5.91 Å². The average Bonchev–Trinajstić information content (AvgIpc) is 2.74. The van der Waals surface area contributed by atoms with Gasteiger partial charge >= 0.3 is 0 Å². The Labute approximate surface area is 168 Å². The van der Waals surface area contributed by atoms with Gasteiger partial charge in [0.1, 0.15) is 0 Å². The van der Waals surface area contributed by atoms with E-state index in [0.717, 1.165) is 25.4 Å². The van der Waals surface area contributed by atoms with Crippen LogP contribution >= 0.6 is 0 Å². The number of amides is 1. The highest BCUT2D eigenvalue weighted by atomic mass is 32.2. The summed E-state index contributed by atoms with van der Waals surface area (Å²) < 4.78 is 27.0. The predicted molar refractivity (Wildman–Crippen MR) is 108 cm³/mol. The van der Waals surface area contributed by atoms with Gasteiger partial charge in [-0.2, -0.15) is 4.31 Å². The minimum absolute atomic E-state index is 0.211. The van der Waals surface area contributed by atoms with Crippen LogP contribution in [0.15, 0.2) is 35.2 Å². The highest BCUT2D eigenvalue weighted by Crippen LogP contribution is 2.36. The van der Waals surface area contributed by atoms with Crippen molar-refractivity contribution in [2.45, 2.75) is 37.0 Å². The molecule has 0 bridgehead atoms. The van der Waals surface area contributed by atoms with E-state index >= 15 is 0 Å². The molecule has 0 N–H and O–H groups in total. The van der Waals surface area contributed by atoms with E-state index in [9.17, 15) is 13.2 Å². The fourth-order valence-corrected chi connectivity index (χ4v) is 6.43. The molecular formula is C21H31N3O3S. The fraction of sp³-hybridized carbons (Fsp3) is 0.667. The topological polar surface area (TPSA) is 60.9 Å². The molecule has 2 aliphatic heterocycles. The number of fused-ring (bicyclic) bond motifs is 1. The third-order valence-corrected chi connectivity index (χ3v) is 8.63. The zero-order valence-electron chi connectivity index (χ0n) is 16.5. The van der Waals surface area contributed by atoms with Gasteiger partial charge in [0.2, 0.25) is 15.9 Å². The normalized spacial score (nSPS) is 27.4. The van der Waals surface area contributed by atoms with Gasteiger partial charge in [-0.1, -0.05) is 37.5 Å². The quantitative estimate of drug-likeness (QED) is 0.769. The molecule has 2 heterocycles. The molecule has 3 aliphatic rings. The molecule has 154 valence electrons. The minimum Gasteiger partial charge on any atom is -0.341 e.